The van der Waals surface area contributed by atoms with Gasteiger partial charge in [-0.3, -0.25) is 0 Å². The van der Waals surface area contributed by atoms with Gasteiger partial charge in [-0.1, -0.05) is 6.92 Å². The molecular weight excluding hydrogens is 412 g/mol. The van der Waals surface area contributed by atoms with Gasteiger partial charge in [-0.25, -0.2) is 17.2 Å². The van der Waals surface area contributed by atoms with Gasteiger partial charge in [0.2, 0.25) is 10.0 Å². The van der Waals surface area contributed by atoms with Crippen LogP contribution in [0.4, 0.5) is 20.4 Å². The molecular formula is C20H25F2N5O2S. The number of nitrogens with zero attached hydrogens (tertiary/aromatic N) is 5. The first-order valence-corrected chi connectivity index (χ1v) is 11.6. The van der Waals surface area contributed by atoms with Crippen molar-refractivity contribution in [1.82, 2.24) is 14.5 Å². The number of hydrogen-bond donors (Lipinski definition) is 0. The predicted molar refractivity (Wildman–Crippen MR) is 110 cm³/mol. The molecule has 2 saturated heterocycles. The summed E-state index contributed by atoms with van der Waals surface area (Å²) in [5.41, 5.74) is 0. The van der Waals surface area contributed by atoms with Crippen molar-refractivity contribution in [1.29, 1.82) is 0 Å². The van der Waals surface area contributed by atoms with Gasteiger partial charge >= 0.3 is 0 Å². The zero-order chi connectivity index (χ0) is 21.3. The average molecular weight is 438 g/mol. The summed E-state index contributed by atoms with van der Waals surface area (Å²) in [5, 5.41) is 8.69. The summed E-state index contributed by atoms with van der Waals surface area (Å²) in [6.45, 7) is 5.42. The highest BCUT2D eigenvalue weighted by atomic mass is 32.2. The van der Waals surface area contributed by atoms with E-state index >= 15 is 0 Å². The second kappa shape index (κ2) is 8.43. The van der Waals surface area contributed by atoms with Crippen LogP contribution in [0.5, 0.6) is 0 Å². The Hall–Kier alpha value is -2.33. The van der Waals surface area contributed by atoms with Crippen molar-refractivity contribution >= 4 is 21.7 Å². The van der Waals surface area contributed by atoms with Gasteiger partial charge in [0.25, 0.3) is 0 Å². The van der Waals surface area contributed by atoms with Crippen molar-refractivity contribution in [2.75, 3.05) is 49.1 Å². The zero-order valence-electron chi connectivity index (χ0n) is 16.8. The monoisotopic (exact) mass is 437 g/mol. The van der Waals surface area contributed by atoms with Gasteiger partial charge in [-0.05, 0) is 43.0 Å². The van der Waals surface area contributed by atoms with E-state index in [1.165, 1.54) is 4.31 Å². The number of rotatable bonds is 4. The Bertz CT molecular complexity index is 987. The number of aromatic nitrogens is 2. The maximum atomic E-state index is 14.0. The Kier molecular flexibility index (Phi) is 5.88. The van der Waals surface area contributed by atoms with Crippen molar-refractivity contribution in [2.45, 2.75) is 24.7 Å². The molecule has 2 aliphatic heterocycles. The lowest BCUT2D eigenvalue weighted by atomic mass is 9.99. The zero-order valence-corrected chi connectivity index (χ0v) is 17.7. The first kappa shape index (κ1) is 20.9. The number of benzene rings is 1. The van der Waals surface area contributed by atoms with Crippen LogP contribution in [0.15, 0.2) is 35.2 Å². The quantitative estimate of drug-likeness (QED) is 0.732. The van der Waals surface area contributed by atoms with Crippen LogP contribution in [0.3, 0.4) is 0 Å². The highest BCUT2D eigenvalue weighted by Gasteiger charge is 2.31. The molecule has 0 radical (unpaired) electrons. The van der Waals surface area contributed by atoms with E-state index in [2.05, 4.69) is 22.0 Å². The van der Waals surface area contributed by atoms with Gasteiger partial charge in [0, 0.05) is 45.3 Å². The van der Waals surface area contributed by atoms with Gasteiger partial charge in [-0.15, -0.1) is 10.2 Å². The van der Waals surface area contributed by atoms with E-state index in [1.807, 2.05) is 17.0 Å². The molecule has 0 aliphatic carbocycles. The second-order valence-corrected chi connectivity index (χ2v) is 9.79. The average Bonchev–Trinajstić information content (AvgIpc) is 2.74. The van der Waals surface area contributed by atoms with E-state index in [0.29, 0.717) is 25.0 Å². The van der Waals surface area contributed by atoms with E-state index in [9.17, 15) is 17.2 Å². The fourth-order valence-corrected chi connectivity index (χ4v) is 5.34. The van der Waals surface area contributed by atoms with Crippen LogP contribution < -0.4 is 9.80 Å². The molecule has 1 aromatic carbocycles. The summed E-state index contributed by atoms with van der Waals surface area (Å²) < 4.78 is 53.7. The Morgan fingerprint density at radius 1 is 0.867 bits per heavy atom. The van der Waals surface area contributed by atoms with E-state index in [4.69, 9.17) is 0 Å². The second-order valence-electron chi connectivity index (χ2n) is 7.89. The largest absolute Gasteiger partial charge is 0.355 e. The van der Waals surface area contributed by atoms with Gasteiger partial charge < -0.3 is 9.80 Å². The van der Waals surface area contributed by atoms with Crippen molar-refractivity contribution in [2.24, 2.45) is 5.92 Å². The van der Waals surface area contributed by atoms with Crippen molar-refractivity contribution in [3.05, 3.63) is 42.0 Å². The molecule has 2 aliphatic rings. The smallest absolute Gasteiger partial charge is 0.246 e. The number of anilines is 2. The summed E-state index contributed by atoms with van der Waals surface area (Å²) in [6.07, 6.45) is 2.29. The van der Waals surface area contributed by atoms with Gasteiger partial charge in [0.05, 0.1) is 0 Å². The Labute approximate surface area is 175 Å². The molecule has 2 fully saturated rings. The Morgan fingerprint density at radius 3 is 1.97 bits per heavy atom. The lowest BCUT2D eigenvalue weighted by molar-refractivity contribution is 0.380. The standard InChI is InChI=1S/C20H25F2N5O2S/c1-15-6-8-25(9-7-15)19-4-5-20(24-23-19)26-10-12-27(13-11-26)30(28,29)18-3-2-16(21)14-17(18)22/h2-5,14-15H,6-13H2,1H3. The van der Waals surface area contributed by atoms with E-state index < -0.39 is 26.6 Å². The molecule has 2 aromatic rings. The van der Waals surface area contributed by atoms with Crippen LogP contribution in [-0.2, 0) is 10.0 Å². The molecule has 0 saturated carbocycles. The molecule has 7 nitrogen and oxygen atoms in total. The van der Waals surface area contributed by atoms with Crippen molar-refractivity contribution in [3.8, 4) is 0 Å². The van der Waals surface area contributed by atoms with Crippen molar-refractivity contribution < 1.29 is 17.2 Å². The molecule has 0 atom stereocenters. The molecule has 0 N–H and O–H groups in total. The summed E-state index contributed by atoms with van der Waals surface area (Å²) in [4.78, 5) is 3.69. The summed E-state index contributed by atoms with van der Waals surface area (Å²) in [5.74, 6) is 0.403. The lowest BCUT2D eigenvalue weighted by Crippen LogP contribution is -2.49. The first-order chi connectivity index (χ1) is 14.3. The molecule has 30 heavy (non-hydrogen) atoms. The fourth-order valence-electron chi connectivity index (χ4n) is 3.87. The van der Waals surface area contributed by atoms with Gasteiger partial charge in [0.15, 0.2) is 11.6 Å². The molecule has 0 unspecified atom stereocenters. The molecule has 162 valence electrons. The topological polar surface area (TPSA) is 69.6 Å². The molecule has 1 aromatic heterocycles. The van der Waals surface area contributed by atoms with Crippen LogP contribution in [0.25, 0.3) is 0 Å². The highest BCUT2D eigenvalue weighted by Crippen LogP contribution is 2.24. The van der Waals surface area contributed by atoms with E-state index in [-0.39, 0.29) is 13.1 Å². The third-order valence-corrected chi connectivity index (χ3v) is 7.75. The molecule has 3 heterocycles. The normalized spacial score (nSPS) is 19.3. The molecule has 4 rings (SSSR count). The minimum Gasteiger partial charge on any atom is -0.355 e. The SMILES string of the molecule is CC1CCN(c2ccc(N3CCN(S(=O)(=O)c4ccc(F)cc4F)CC3)nn2)CC1. The predicted octanol–water partition coefficient (Wildman–Crippen LogP) is 2.50. The van der Waals surface area contributed by atoms with Crippen LogP contribution in [0.1, 0.15) is 19.8 Å². The Morgan fingerprint density at radius 2 is 1.43 bits per heavy atom. The maximum Gasteiger partial charge on any atom is 0.246 e. The summed E-state index contributed by atoms with van der Waals surface area (Å²) in [7, 11) is -4.02. The number of piperidine rings is 1. The summed E-state index contributed by atoms with van der Waals surface area (Å²) in [6, 6.07) is 6.37. The third-order valence-electron chi connectivity index (χ3n) is 5.82. The number of hydrogen-bond acceptors (Lipinski definition) is 6. The molecule has 0 bridgehead atoms. The first-order valence-electron chi connectivity index (χ1n) is 10.1. The Balaban J connectivity index is 1.39. The maximum absolute atomic E-state index is 14.0. The van der Waals surface area contributed by atoms with E-state index in [0.717, 1.165) is 49.8 Å². The fraction of sp³-hybridized carbons (Fsp3) is 0.500. The third kappa shape index (κ3) is 4.24. The van der Waals surface area contributed by atoms with Crippen LogP contribution in [0, 0.1) is 17.6 Å². The lowest BCUT2D eigenvalue weighted by Gasteiger charge is -2.35. The summed E-state index contributed by atoms with van der Waals surface area (Å²) >= 11 is 0. The molecule has 10 heteroatoms. The number of piperazine rings is 1. The number of sulfonamides is 1. The van der Waals surface area contributed by atoms with Gasteiger partial charge in [0.1, 0.15) is 16.5 Å². The molecule has 0 spiro atoms. The van der Waals surface area contributed by atoms with Crippen LogP contribution in [-0.4, -0.2) is 62.2 Å². The van der Waals surface area contributed by atoms with E-state index in [1.54, 1.807) is 0 Å². The minimum atomic E-state index is -4.02. The molecule has 0 amide bonds. The highest BCUT2D eigenvalue weighted by molar-refractivity contribution is 7.89. The van der Waals surface area contributed by atoms with Gasteiger partial charge in [-0.2, -0.15) is 4.31 Å². The number of halogens is 2. The van der Waals surface area contributed by atoms with Crippen molar-refractivity contribution in [3.63, 3.8) is 0 Å². The van der Waals surface area contributed by atoms with Crippen LogP contribution in [0.2, 0.25) is 0 Å². The van der Waals surface area contributed by atoms with Crippen LogP contribution >= 0.6 is 0 Å². The minimum absolute atomic E-state index is 0.187.